The number of amides is 2. The van der Waals surface area contributed by atoms with Gasteiger partial charge in [-0.25, -0.2) is 4.79 Å². The number of urea groups is 1. The van der Waals surface area contributed by atoms with Crippen LogP contribution in [-0.2, 0) is 4.79 Å². The summed E-state index contributed by atoms with van der Waals surface area (Å²) in [4.78, 5) is 21.9. The number of carbonyl (C=O) groups is 2. The van der Waals surface area contributed by atoms with Crippen molar-refractivity contribution in [3.05, 3.63) is 0 Å². The molecule has 1 rings (SSSR count). The first-order valence-electron chi connectivity index (χ1n) is 6.87. The van der Waals surface area contributed by atoms with Crippen LogP contribution < -0.4 is 16.4 Å². The van der Waals surface area contributed by atoms with Crippen molar-refractivity contribution >= 4 is 12.0 Å². The Hall–Kier alpha value is -1.70. The number of unbranched alkanes of at least 4 members (excludes halogenated alkanes) is 1. The molecule has 1 aliphatic heterocycles. The van der Waals surface area contributed by atoms with Crippen LogP contribution in [0.15, 0.2) is 10.2 Å². The van der Waals surface area contributed by atoms with E-state index in [2.05, 4.69) is 20.9 Å². The number of hydrogen-bond donors (Lipinski definition) is 4. The largest absolute Gasteiger partial charge is 0.480 e. The normalized spacial score (nSPS) is 16.5. The van der Waals surface area contributed by atoms with Gasteiger partial charge in [-0.15, -0.1) is 0 Å². The van der Waals surface area contributed by atoms with Gasteiger partial charge in [-0.1, -0.05) is 0 Å². The Kier molecular flexibility index (Phi) is 6.37. The van der Waals surface area contributed by atoms with Gasteiger partial charge in [0.15, 0.2) is 5.66 Å². The zero-order valence-corrected chi connectivity index (χ0v) is 11.8. The van der Waals surface area contributed by atoms with Crippen LogP contribution in [0.5, 0.6) is 0 Å². The lowest BCUT2D eigenvalue weighted by Gasteiger charge is -2.09. The van der Waals surface area contributed by atoms with Crippen molar-refractivity contribution in [3.63, 3.8) is 0 Å². The van der Waals surface area contributed by atoms with Crippen molar-refractivity contribution in [2.45, 2.75) is 50.7 Å². The zero-order chi connectivity index (χ0) is 15.0. The van der Waals surface area contributed by atoms with Gasteiger partial charge in [-0.2, -0.15) is 10.2 Å². The highest BCUT2D eigenvalue weighted by atomic mass is 16.4. The van der Waals surface area contributed by atoms with Gasteiger partial charge in [-0.05, 0) is 39.0 Å². The minimum Gasteiger partial charge on any atom is -0.480 e. The van der Waals surface area contributed by atoms with E-state index in [4.69, 9.17) is 10.8 Å². The lowest BCUT2D eigenvalue weighted by Crippen LogP contribution is -2.37. The number of carbonyl (C=O) groups excluding carboxylic acids is 1. The van der Waals surface area contributed by atoms with E-state index in [1.54, 1.807) is 0 Å². The molecule has 2 amide bonds. The Bertz CT molecular complexity index is 366. The molecule has 0 fully saturated rings. The van der Waals surface area contributed by atoms with Gasteiger partial charge in [-0.3, -0.25) is 4.79 Å². The molecule has 1 atom stereocenters. The number of carboxylic acids is 1. The average Bonchev–Trinajstić information content (AvgIpc) is 3.12. The molecule has 0 aromatic rings. The van der Waals surface area contributed by atoms with Crippen LogP contribution in [0.2, 0.25) is 0 Å². The first kappa shape index (κ1) is 16.4. The Labute approximate surface area is 118 Å². The summed E-state index contributed by atoms with van der Waals surface area (Å²) >= 11 is 0. The van der Waals surface area contributed by atoms with Crippen molar-refractivity contribution in [1.29, 1.82) is 0 Å². The molecule has 0 saturated heterocycles. The van der Waals surface area contributed by atoms with Crippen LogP contribution in [0.1, 0.15) is 39.0 Å². The van der Waals surface area contributed by atoms with E-state index in [-0.39, 0.29) is 11.7 Å². The lowest BCUT2D eigenvalue weighted by molar-refractivity contribution is -0.138. The second-order valence-electron chi connectivity index (χ2n) is 5.14. The number of carboxylic acid groups (broad SMARTS) is 1. The fourth-order valence-electron chi connectivity index (χ4n) is 1.69. The van der Waals surface area contributed by atoms with Crippen LogP contribution in [0.25, 0.3) is 0 Å². The molecule has 0 unspecified atom stereocenters. The van der Waals surface area contributed by atoms with Crippen molar-refractivity contribution in [2.24, 2.45) is 16.0 Å². The van der Waals surface area contributed by atoms with Gasteiger partial charge in [0.2, 0.25) is 0 Å². The third-order valence-electron chi connectivity index (χ3n) is 3.10. The fraction of sp³-hybridized carbons (Fsp3) is 0.833. The Morgan fingerprint density at radius 3 is 2.35 bits per heavy atom. The minimum absolute atomic E-state index is 0.206. The molecule has 0 aliphatic carbocycles. The fourth-order valence-corrected chi connectivity index (χ4v) is 1.69. The van der Waals surface area contributed by atoms with Crippen LogP contribution in [0.3, 0.4) is 0 Å². The summed E-state index contributed by atoms with van der Waals surface area (Å²) in [7, 11) is 0. The number of rotatable bonds is 10. The second-order valence-corrected chi connectivity index (χ2v) is 5.14. The SMILES string of the molecule is CC1(CCCNC(=O)NCCCC[C@@H](N)C(=O)O)N=N1. The van der Waals surface area contributed by atoms with Crippen molar-refractivity contribution in [1.82, 2.24) is 10.6 Å². The van der Waals surface area contributed by atoms with Gasteiger partial charge in [0.05, 0.1) is 0 Å². The van der Waals surface area contributed by atoms with Crippen LogP contribution in [-0.4, -0.2) is 41.9 Å². The van der Waals surface area contributed by atoms with E-state index in [0.29, 0.717) is 32.4 Å². The summed E-state index contributed by atoms with van der Waals surface area (Å²) < 4.78 is 0. The average molecular weight is 285 g/mol. The summed E-state index contributed by atoms with van der Waals surface area (Å²) in [5.74, 6) is -0.987. The van der Waals surface area contributed by atoms with Gasteiger partial charge in [0.25, 0.3) is 0 Å². The maximum atomic E-state index is 11.4. The highest BCUT2D eigenvalue weighted by Gasteiger charge is 2.32. The Morgan fingerprint density at radius 1 is 1.20 bits per heavy atom. The molecule has 0 saturated carbocycles. The standard InChI is InChI=1S/C12H23N5O3/c1-12(16-17-12)6-4-8-15-11(20)14-7-3-2-5-9(13)10(18)19/h9H,2-8,13H2,1H3,(H,18,19)(H2,14,15,20)/t9-/m1/s1. The minimum atomic E-state index is -0.987. The maximum Gasteiger partial charge on any atom is 0.320 e. The summed E-state index contributed by atoms with van der Waals surface area (Å²) in [6.07, 6.45) is 3.49. The molecule has 5 N–H and O–H groups in total. The first-order chi connectivity index (χ1) is 9.43. The lowest BCUT2D eigenvalue weighted by atomic mass is 10.1. The van der Waals surface area contributed by atoms with Crippen LogP contribution >= 0.6 is 0 Å². The molecule has 0 radical (unpaired) electrons. The number of hydrogen-bond acceptors (Lipinski definition) is 5. The van der Waals surface area contributed by atoms with E-state index in [9.17, 15) is 9.59 Å². The zero-order valence-electron chi connectivity index (χ0n) is 11.8. The summed E-state index contributed by atoms with van der Waals surface area (Å²) in [6.45, 7) is 3.06. The molecule has 114 valence electrons. The van der Waals surface area contributed by atoms with E-state index < -0.39 is 12.0 Å². The highest BCUT2D eigenvalue weighted by molar-refractivity contribution is 5.73. The highest BCUT2D eigenvalue weighted by Crippen LogP contribution is 2.31. The third-order valence-corrected chi connectivity index (χ3v) is 3.10. The van der Waals surface area contributed by atoms with Crippen molar-refractivity contribution in [3.8, 4) is 0 Å². The summed E-state index contributed by atoms with van der Waals surface area (Å²) in [6, 6.07) is -1.02. The number of nitrogens with two attached hydrogens (primary N) is 1. The molecule has 8 nitrogen and oxygen atoms in total. The molecular weight excluding hydrogens is 262 g/mol. The quantitative estimate of drug-likeness (QED) is 0.443. The van der Waals surface area contributed by atoms with E-state index in [0.717, 1.165) is 12.8 Å². The summed E-state index contributed by atoms with van der Waals surface area (Å²) in [5, 5.41) is 21.8. The number of nitrogens with one attached hydrogen (secondary N) is 2. The van der Waals surface area contributed by atoms with Gasteiger partial charge in [0.1, 0.15) is 6.04 Å². The van der Waals surface area contributed by atoms with Gasteiger partial charge in [0, 0.05) is 13.1 Å². The van der Waals surface area contributed by atoms with E-state index in [1.165, 1.54) is 0 Å². The topological polar surface area (TPSA) is 129 Å². The van der Waals surface area contributed by atoms with Crippen molar-refractivity contribution in [2.75, 3.05) is 13.1 Å². The molecule has 20 heavy (non-hydrogen) atoms. The molecule has 1 aliphatic rings. The van der Waals surface area contributed by atoms with Crippen molar-refractivity contribution < 1.29 is 14.7 Å². The number of nitrogens with zero attached hydrogens (tertiary/aromatic N) is 2. The van der Waals surface area contributed by atoms with Crippen LogP contribution in [0.4, 0.5) is 4.79 Å². The Morgan fingerprint density at radius 2 is 1.80 bits per heavy atom. The third kappa shape index (κ3) is 7.03. The molecule has 0 bridgehead atoms. The predicted molar refractivity (Wildman–Crippen MR) is 73.4 cm³/mol. The molecule has 1 heterocycles. The second kappa shape index (κ2) is 7.78. The van der Waals surface area contributed by atoms with E-state index >= 15 is 0 Å². The Balaban J connectivity index is 1.88. The molecule has 0 spiro atoms. The molecular formula is C12H23N5O3. The van der Waals surface area contributed by atoms with E-state index in [1.807, 2.05) is 6.92 Å². The monoisotopic (exact) mass is 285 g/mol. The number of aliphatic carboxylic acids is 1. The van der Waals surface area contributed by atoms with Gasteiger partial charge < -0.3 is 21.5 Å². The summed E-state index contributed by atoms with van der Waals surface area (Å²) in [5.41, 5.74) is 5.16. The smallest absolute Gasteiger partial charge is 0.320 e. The molecule has 0 aromatic carbocycles. The van der Waals surface area contributed by atoms with Crippen LogP contribution in [0, 0.1) is 0 Å². The molecule has 0 aromatic heterocycles. The first-order valence-corrected chi connectivity index (χ1v) is 6.87. The molecule has 8 heteroatoms. The maximum absolute atomic E-state index is 11.4. The predicted octanol–water partition coefficient (Wildman–Crippen LogP) is 0.830. The van der Waals surface area contributed by atoms with Gasteiger partial charge >= 0.3 is 12.0 Å².